The third kappa shape index (κ3) is 2.58. The van der Waals surface area contributed by atoms with Gasteiger partial charge in [0.2, 0.25) is 5.91 Å². The molecule has 1 saturated heterocycles. The van der Waals surface area contributed by atoms with E-state index in [1.807, 2.05) is 30.0 Å². The van der Waals surface area contributed by atoms with Crippen LogP contribution in [-0.4, -0.2) is 23.4 Å². The van der Waals surface area contributed by atoms with Gasteiger partial charge in [-0.15, -0.1) is 0 Å². The molecule has 21 heavy (non-hydrogen) atoms. The van der Waals surface area contributed by atoms with E-state index in [1.54, 1.807) is 0 Å². The third-order valence-electron chi connectivity index (χ3n) is 5.27. The molecule has 2 aliphatic rings. The first-order valence-corrected chi connectivity index (χ1v) is 8.22. The van der Waals surface area contributed by atoms with Gasteiger partial charge in [0.05, 0.1) is 11.5 Å². The predicted molar refractivity (Wildman–Crippen MR) is 85.1 cm³/mol. The predicted octanol–water partition coefficient (Wildman–Crippen LogP) is 3.52. The zero-order valence-corrected chi connectivity index (χ0v) is 13.3. The normalized spacial score (nSPS) is 32.6. The van der Waals surface area contributed by atoms with E-state index in [0.717, 1.165) is 49.2 Å². The summed E-state index contributed by atoms with van der Waals surface area (Å²) in [5.41, 5.74) is 6.98. The summed E-state index contributed by atoms with van der Waals surface area (Å²) >= 11 is 6.10. The average Bonchev–Trinajstić information content (AvgIpc) is 3.07. The quantitative estimate of drug-likeness (QED) is 0.908. The van der Waals surface area contributed by atoms with Gasteiger partial charge in [-0.25, -0.2) is 0 Å². The van der Waals surface area contributed by atoms with Crippen molar-refractivity contribution in [1.82, 2.24) is 4.90 Å². The smallest absolute Gasteiger partial charge is 0.230 e. The van der Waals surface area contributed by atoms with E-state index in [0.29, 0.717) is 0 Å². The van der Waals surface area contributed by atoms with Crippen LogP contribution in [0.25, 0.3) is 0 Å². The Bertz CT molecular complexity index is 547. The summed E-state index contributed by atoms with van der Waals surface area (Å²) in [6.07, 6.45) is 4.98. The second-order valence-corrected chi connectivity index (χ2v) is 7.06. The van der Waals surface area contributed by atoms with Gasteiger partial charge in [-0.3, -0.25) is 4.79 Å². The maximum absolute atomic E-state index is 13.1. The first-order chi connectivity index (χ1) is 10.0. The Morgan fingerprint density at radius 2 is 2.19 bits per heavy atom. The molecule has 0 bridgehead atoms. The van der Waals surface area contributed by atoms with Crippen molar-refractivity contribution < 1.29 is 4.79 Å². The van der Waals surface area contributed by atoms with Crippen LogP contribution in [0.3, 0.4) is 0 Å². The number of carbonyl (C=O) groups is 1. The molecule has 1 aliphatic heterocycles. The fourth-order valence-corrected chi connectivity index (χ4v) is 4.06. The largest absolute Gasteiger partial charge is 0.335 e. The lowest BCUT2D eigenvalue weighted by Crippen LogP contribution is -2.49. The fraction of sp³-hybridized carbons (Fsp3) is 0.588. The van der Waals surface area contributed by atoms with E-state index in [2.05, 4.69) is 6.07 Å². The molecular formula is C17H23ClN2O. The Labute approximate surface area is 131 Å². The highest BCUT2D eigenvalue weighted by atomic mass is 35.5. The van der Waals surface area contributed by atoms with Gasteiger partial charge < -0.3 is 10.6 Å². The highest BCUT2D eigenvalue weighted by Gasteiger charge is 2.47. The molecule has 0 spiro atoms. The summed E-state index contributed by atoms with van der Waals surface area (Å²) in [5, 5.41) is 0.732. The van der Waals surface area contributed by atoms with Crippen LogP contribution in [0.15, 0.2) is 24.3 Å². The number of likely N-dealkylation sites (tertiary alicyclic amines) is 1. The van der Waals surface area contributed by atoms with Gasteiger partial charge in [-0.1, -0.05) is 30.2 Å². The van der Waals surface area contributed by atoms with Crippen LogP contribution in [-0.2, 0) is 4.79 Å². The monoisotopic (exact) mass is 306 g/mol. The molecule has 4 heteroatoms. The lowest BCUT2D eigenvalue weighted by Gasteiger charge is -2.35. The number of amides is 1. The Balaban J connectivity index is 1.86. The molecule has 114 valence electrons. The Morgan fingerprint density at radius 1 is 1.38 bits per heavy atom. The first-order valence-electron chi connectivity index (χ1n) is 7.84. The van der Waals surface area contributed by atoms with Crippen LogP contribution in [0.5, 0.6) is 0 Å². The van der Waals surface area contributed by atoms with Crippen molar-refractivity contribution in [2.75, 3.05) is 6.54 Å². The van der Waals surface area contributed by atoms with Crippen LogP contribution in [0.2, 0.25) is 5.02 Å². The molecule has 1 heterocycles. The minimum atomic E-state index is -0.388. The van der Waals surface area contributed by atoms with Gasteiger partial charge in [0.1, 0.15) is 0 Å². The van der Waals surface area contributed by atoms with Crippen molar-refractivity contribution in [3.63, 3.8) is 0 Å². The number of halogens is 1. The van der Waals surface area contributed by atoms with Crippen LogP contribution >= 0.6 is 11.6 Å². The zero-order chi connectivity index (χ0) is 15.0. The molecule has 1 aromatic rings. The van der Waals surface area contributed by atoms with E-state index in [9.17, 15) is 4.79 Å². The molecule has 1 saturated carbocycles. The lowest BCUT2D eigenvalue weighted by atomic mass is 9.83. The standard InChI is InChI=1S/C17H23ClN2O/c1-17(9-3-8-15(17)19)16(21)20-10-4-7-14(20)12-5-2-6-13(18)11-12/h2,5-6,11,14-15H,3-4,7-10,19H2,1H3. The van der Waals surface area contributed by atoms with Crippen LogP contribution in [0, 0.1) is 5.41 Å². The highest BCUT2D eigenvalue weighted by Crippen LogP contribution is 2.42. The number of benzene rings is 1. The Morgan fingerprint density at radius 3 is 2.86 bits per heavy atom. The number of carbonyl (C=O) groups excluding carboxylic acids is 1. The van der Waals surface area contributed by atoms with E-state index in [4.69, 9.17) is 17.3 Å². The van der Waals surface area contributed by atoms with E-state index in [1.165, 1.54) is 0 Å². The van der Waals surface area contributed by atoms with Crippen LogP contribution in [0.4, 0.5) is 0 Å². The van der Waals surface area contributed by atoms with Crippen molar-refractivity contribution in [2.45, 2.75) is 51.1 Å². The van der Waals surface area contributed by atoms with Crippen molar-refractivity contribution >= 4 is 17.5 Å². The zero-order valence-electron chi connectivity index (χ0n) is 12.5. The van der Waals surface area contributed by atoms with Crippen molar-refractivity contribution in [1.29, 1.82) is 0 Å². The average molecular weight is 307 g/mol. The summed E-state index contributed by atoms with van der Waals surface area (Å²) in [6.45, 7) is 2.87. The molecule has 2 fully saturated rings. The molecule has 3 atom stereocenters. The van der Waals surface area contributed by atoms with Crippen LogP contribution in [0.1, 0.15) is 50.6 Å². The summed E-state index contributed by atoms with van der Waals surface area (Å²) in [7, 11) is 0. The molecule has 3 nitrogen and oxygen atoms in total. The van der Waals surface area contributed by atoms with E-state index in [-0.39, 0.29) is 23.4 Å². The molecule has 1 amide bonds. The van der Waals surface area contributed by atoms with Gasteiger partial charge in [0.25, 0.3) is 0 Å². The van der Waals surface area contributed by atoms with Crippen molar-refractivity contribution in [2.24, 2.45) is 11.1 Å². The van der Waals surface area contributed by atoms with E-state index < -0.39 is 0 Å². The number of hydrogen-bond donors (Lipinski definition) is 1. The first kappa shape index (κ1) is 14.9. The number of nitrogens with two attached hydrogens (primary N) is 1. The van der Waals surface area contributed by atoms with E-state index >= 15 is 0 Å². The van der Waals surface area contributed by atoms with Crippen molar-refractivity contribution in [3.05, 3.63) is 34.9 Å². The van der Waals surface area contributed by atoms with Gasteiger partial charge >= 0.3 is 0 Å². The minimum absolute atomic E-state index is 0.00869. The second-order valence-electron chi connectivity index (χ2n) is 6.63. The molecule has 2 N–H and O–H groups in total. The highest BCUT2D eigenvalue weighted by molar-refractivity contribution is 6.30. The van der Waals surface area contributed by atoms with Gasteiger partial charge in [0.15, 0.2) is 0 Å². The fourth-order valence-electron chi connectivity index (χ4n) is 3.86. The Kier molecular flexibility index (Phi) is 3.98. The molecule has 0 aromatic heterocycles. The maximum atomic E-state index is 13.1. The molecule has 0 radical (unpaired) electrons. The van der Waals surface area contributed by atoms with Gasteiger partial charge in [-0.2, -0.15) is 0 Å². The second kappa shape index (κ2) is 5.62. The third-order valence-corrected chi connectivity index (χ3v) is 5.50. The maximum Gasteiger partial charge on any atom is 0.230 e. The summed E-state index contributed by atoms with van der Waals surface area (Å²) in [5.74, 6) is 0.231. The topological polar surface area (TPSA) is 46.3 Å². The van der Waals surface area contributed by atoms with Crippen molar-refractivity contribution in [3.8, 4) is 0 Å². The Hall–Kier alpha value is -1.06. The number of nitrogens with zero attached hydrogens (tertiary/aromatic N) is 1. The lowest BCUT2D eigenvalue weighted by molar-refractivity contribution is -0.142. The molecular weight excluding hydrogens is 284 g/mol. The molecule has 1 aliphatic carbocycles. The molecule has 1 aromatic carbocycles. The molecule has 3 rings (SSSR count). The minimum Gasteiger partial charge on any atom is -0.335 e. The number of rotatable bonds is 2. The summed E-state index contributed by atoms with van der Waals surface area (Å²) in [4.78, 5) is 15.1. The van der Waals surface area contributed by atoms with Crippen LogP contribution < -0.4 is 5.73 Å². The molecule has 3 unspecified atom stereocenters. The van der Waals surface area contributed by atoms with Gasteiger partial charge in [0, 0.05) is 17.6 Å². The number of hydrogen-bond acceptors (Lipinski definition) is 2. The van der Waals surface area contributed by atoms with Gasteiger partial charge in [-0.05, 0) is 50.3 Å². The SMILES string of the molecule is CC1(C(=O)N2CCCC2c2cccc(Cl)c2)CCCC1N. The summed E-state index contributed by atoms with van der Waals surface area (Å²) < 4.78 is 0. The summed E-state index contributed by atoms with van der Waals surface area (Å²) in [6, 6.07) is 8.03.